The van der Waals surface area contributed by atoms with Crippen molar-refractivity contribution in [2.75, 3.05) is 26.0 Å². The van der Waals surface area contributed by atoms with Gasteiger partial charge in [-0.15, -0.1) is 0 Å². The van der Waals surface area contributed by atoms with E-state index >= 15 is 0 Å². The van der Waals surface area contributed by atoms with Gasteiger partial charge >= 0.3 is 0 Å². The molecule has 0 aliphatic rings. The van der Waals surface area contributed by atoms with Crippen molar-refractivity contribution in [3.05, 3.63) is 100 Å². The van der Waals surface area contributed by atoms with Crippen LogP contribution in [0.3, 0.4) is 0 Å². The first-order chi connectivity index (χ1) is 14.5. The summed E-state index contributed by atoms with van der Waals surface area (Å²) in [5, 5.41) is 13.8. The van der Waals surface area contributed by atoms with Crippen LogP contribution in [0.1, 0.15) is 17.2 Å². The van der Waals surface area contributed by atoms with Crippen molar-refractivity contribution in [3.63, 3.8) is 0 Å². The van der Waals surface area contributed by atoms with E-state index in [1.54, 1.807) is 0 Å². The van der Waals surface area contributed by atoms with Crippen LogP contribution in [-0.2, 0) is 4.79 Å². The van der Waals surface area contributed by atoms with Crippen LogP contribution in [0.25, 0.3) is 0 Å². The van der Waals surface area contributed by atoms with Gasteiger partial charge in [0.1, 0.15) is 11.8 Å². The average molecular weight is 406 g/mol. The number of nitro benzene ring substituents is 1. The number of ether oxygens (including phenoxy) is 1. The Kier molecular flexibility index (Phi) is 6.77. The zero-order valence-electron chi connectivity index (χ0n) is 16.9. The first kappa shape index (κ1) is 21.0. The highest BCUT2D eigenvalue weighted by molar-refractivity contribution is 5.93. The second kappa shape index (κ2) is 9.67. The molecule has 3 aromatic rings. The molecule has 0 saturated heterocycles. The number of nitro groups is 1. The van der Waals surface area contributed by atoms with Crippen LogP contribution in [0.15, 0.2) is 78.9 Å². The van der Waals surface area contributed by atoms with Crippen LogP contribution in [0, 0.1) is 10.1 Å². The topological polar surface area (TPSA) is 85.9 Å². The Morgan fingerprint density at radius 3 is 2.10 bits per heavy atom. The maximum atomic E-state index is 12.8. The first-order valence-electron chi connectivity index (χ1n) is 9.54. The largest absolute Gasteiger partial charge is 0.495 e. The van der Waals surface area contributed by atoms with Crippen LogP contribution in [0.5, 0.6) is 5.75 Å². The molecule has 3 aromatic carbocycles. The molecule has 1 amide bonds. The normalized spacial score (nSPS) is 11.7. The zero-order valence-corrected chi connectivity index (χ0v) is 16.9. The predicted molar refractivity (Wildman–Crippen MR) is 115 cm³/mol. The van der Waals surface area contributed by atoms with Crippen molar-refractivity contribution in [2.45, 2.75) is 6.04 Å². The lowest BCUT2D eigenvalue weighted by Gasteiger charge is -2.25. The second-order valence-electron chi connectivity index (χ2n) is 6.97. The summed E-state index contributed by atoms with van der Waals surface area (Å²) in [5.74, 6) is 0.109. The summed E-state index contributed by atoms with van der Waals surface area (Å²) in [6, 6.07) is 24.1. The molecule has 7 heteroatoms. The van der Waals surface area contributed by atoms with Crippen LogP contribution in [0.4, 0.5) is 11.4 Å². The number of non-ortho nitro benzene ring substituents is 1. The molecule has 1 atom stereocenters. The zero-order chi connectivity index (χ0) is 21.5. The number of carbonyl (C=O) groups excluding carboxylic acids is 1. The van der Waals surface area contributed by atoms with Crippen LogP contribution in [0.2, 0.25) is 0 Å². The van der Waals surface area contributed by atoms with E-state index in [4.69, 9.17) is 4.74 Å². The molecule has 3 rings (SSSR count). The molecule has 0 aromatic heterocycles. The van der Waals surface area contributed by atoms with E-state index in [1.165, 1.54) is 25.3 Å². The molecule has 2 N–H and O–H groups in total. The Bertz CT molecular complexity index is 970. The van der Waals surface area contributed by atoms with Crippen LogP contribution < -0.4 is 15.0 Å². The fourth-order valence-corrected chi connectivity index (χ4v) is 3.51. The summed E-state index contributed by atoms with van der Waals surface area (Å²) in [4.78, 5) is 24.3. The minimum atomic E-state index is -0.507. The second-order valence-corrected chi connectivity index (χ2v) is 6.97. The summed E-state index contributed by atoms with van der Waals surface area (Å²) < 4.78 is 5.23. The lowest BCUT2D eigenvalue weighted by atomic mass is 9.97. The number of rotatable bonds is 8. The van der Waals surface area contributed by atoms with Gasteiger partial charge in [0.2, 0.25) is 0 Å². The Balaban J connectivity index is 1.81. The quantitative estimate of drug-likeness (QED) is 0.445. The van der Waals surface area contributed by atoms with Gasteiger partial charge < -0.3 is 15.0 Å². The molecule has 0 spiro atoms. The van der Waals surface area contributed by atoms with Crippen LogP contribution in [-0.4, -0.2) is 31.5 Å². The smallest absolute Gasteiger partial charge is 0.279 e. The molecule has 7 nitrogen and oxygen atoms in total. The van der Waals surface area contributed by atoms with Crippen molar-refractivity contribution in [2.24, 2.45) is 0 Å². The average Bonchev–Trinajstić information content (AvgIpc) is 2.75. The molecule has 0 heterocycles. The van der Waals surface area contributed by atoms with Gasteiger partial charge in [0.05, 0.1) is 24.8 Å². The molecule has 0 radical (unpaired) electrons. The highest BCUT2D eigenvalue weighted by atomic mass is 16.6. The number of carbonyl (C=O) groups is 1. The van der Waals surface area contributed by atoms with E-state index in [2.05, 4.69) is 5.32 Å². The fourth-order valence-electron chi connectivity index (χ4n) is 3.51. The van der Waals surface area contributed by atoms with E-state index < -0.39 is 4.92 Å². The minimum absolute atomic E-state index is 0.0369. The number of amides is 1. The Morgan fingerprint density at radius 2 is 1.60 bits per heavy atom. The van der Waals surface area contributed by atoms with Crippen LogP contribution >= 0.6 is 0 Å². The maximum absolute atomic E-state index is 12.8. The van der Waals surface area contributed by atoms with Crippen molar-refractivity contribution in [1.29, 1.82) is 0 Å². The predicted octanol–water partition coefficient (Wildman–Crippen LogP) is 2.85. The summed E-state index contributed by atoms with van der Waals surface area (Å²) >= 11 is 0. The number of benzene rings is 3. The molecular formula is C23H24N3O4+. The molecule has 0 fully saturated rings. The Labute approximate surface area is 175 Å². The van der Waals surface area contributed by atoms with Gasteiger partial charge in [0, 0.05) is 23.3 Å². The van der Waals surface area contributed by atoms with E-state index in [0.717, 1.165) is 16.0 Å². The number of nitrogens with zero attached hydrogens (tertiary/aromatic N) is 1. The lowest BCUT2D eigenvalue weighted by molar-refractivity contribution is -0.897. The third kappa shape index (κ3) is 5.01. The SMILES string of the molecule is COc1ccc([N+](=O)[O-])cc1NC(=O)C[NH+](C)C(c1ccccc1)c1ccccc1. The highest BCUT2D eigenvalue weighted by Crippen LogP contribution is 2.28. The van der Waals surface area contributed by atoms with E-state index in [0.29, 0.717) is 5.75 Å². The first-order valence-corrected chi connectivity index (χ1v) is 9.54. The summed E-state index contributed by atoms with van der Waals surface area (Å²) in [6.45, 7) is 0.167. The number of hydrogen-bond acceptors (Lipinski definition) is 4. The van der Waals surface area contributed by atoms with Gasteiger partial charge in [-0.05, 0) is 6.07 Å². The van der Waals surface area contributed by atoms with Crippen molar-refractivity contribution < 1.29 is 19.4 Å². The number of quaternary nitrogens is 1. The van der Waals surface area contributed by atoms with E-state index in [1.807, 2.05) is 67.7 Å². The number of anilines is 1. The minimum Gasteiger partial charge on any atom is -0.495 e. The lowest BCUT2D eigenvalue weighted by Crippen LogP contribution is -3.10. The summed E-state index contributed by atoms with van der Waals surface area (Å²) in [5.41, 5.74) is 2.36. The van der Waals surface area contributed by atoms with Crippen molar-refractivity contribution >= 4 is 17.3 Å². The van der Waals surface area contributed by atoms with Gasteiger partial charge in [-0.3, -0.25) is 14.9 Å². The molecular weight excluding hydrogens is 382 g/mol. The Hall–Kier alpha value is -3.71. The number of hydrogen-bond donors (Lipinski definition) is 2. The molecule has 0 saturated carbocycles. The number of likely N-dealkylation sites (N-methyl/N-ethyl adjacent to an activating group) is 1. The van der Waals surface area contributed by atoms with Crippen molar-refractivity contribution in [1.82, 2.24) is 0 Å². The standard InChI is InChI=1S/C23H23N3O4/c1-25(23(17-9-5-3-6-10-17)18-11-7-4-8-12-18)16-22(27)24-20-15-19(26(28)29)13-14-21(20)30-2/h3-15,23H,16H2,1-2H3,(H,24,27)/p+1. The van der Waals surface area contributed by atoms with Gasteiger partial charge in [0.25, 0.3) is 11.6 Å². The van der Waals surface area contributed by atoms with Crippen molar-refractivity contribution in [3.8, 4) is 5.75 Å². The molecule has 30 heavy (non-hydrogen) atoms. The van der Waals surface area contributed by atoms with Gasteiger partial charge in [-0.25, -0.2) is 0 Å². The monoisotopic (exact) mass is 406 g/mol. The van der Waals surface area contributed by atoms with E-state index in [-0.39, 0.29) is 29.9 Å². The molecule has 0 bridgehead atoms. The third-order valence-corrected chi connectivity index (χ3v) is 4.87. The molecule has 0 aliphatic heterocycles. The maximum Gasteiger partial charge on any atom is 0.279 e. The number of methoxy groups -OCH3 is 1. The molecule has 1 unspecified atom stereocenters. The molecule has 154 valence electrons. The Morgan fingerprint density at radius 1 is 1.03 bits per heavy atom. The van der Waals surface area contributed by atoms with Gasteiger partial charge in [-0.2, -0.15) is 0 Å². The summed E-state index contributed by atoms with van der Waals surface area (Å²) in [6.07, 6.45) is 0. The highest BCUT2D eigenvalue weighted by Gasteiger charge is 2.25. The third-order valence-electron chi connectivity index (χ3n) is 4.87. The van der Waals surface area contributed by atoms with E-state index in [9.17, 15) is 14.9 Å². The van der Waals surface area contributed by atoms with Gasteiger partial charge in [-0.1, -0.05) is 60.7 Å². The number of nitrogens with one attached hydrogen (secondary N) is 2. The summed E-state index contributed by atoms with van der Waals surface area (Å²) in [7, 11) is 3.41. The fraction of sp³-hybridized carbons (Fsp3) is 0.174. The molecule has 0 aliphatic carbocycles. The van der Waals surface area contributed by atoms with Gasteiger partial charge in [0.15, 0.2) is 6.54 Å².